The summed E-state index contributed by atoms with van der Waals surface area (Å²) in [5.74, 6) is -0.565. The molecule has 8 rings (SSSR count). The molecular formula is C60H75F12N9O7. The van der Waals surface area contributed by atoms with Crippen molar-refractivity contribution in [2.75, 3.05) is 110 Å². The molecule has 0 radical (unpaired) electrons. The van der Waals surface area contributed by atoms with Gasteiger partial charge in [0.2, 0.25) is 0 Å². The number of nitrogens with zero attached hydrogens (tertiary/aromatic N) is 7. The summed E-state index contributed by atoms with van der Waals surface area (Å²) in [6.45, 7) is 20.2. The van der Waals surface area contributed by atoms with Crippen LogP contribution in [0.15, 0.2) is 91.1 Å². The number of aromatic nitrogens is 1. The van der Waals surface area contributed by atoms with E-state index in [1.54, 1.807) is 45.3 Å². The van der Waals surface area contributed by atoms with Gasteiger partial charge in [0.15, 0.2) is 0 Å². The average molecular weight is 1260 g/mol. The van der Waals surface area contributed by atoms with Crippen LogP contribution >= 0.6 is 0 Å². The van der Waals surface area contributed by atoms with Crippen LogP contribution in [-0.2, 0) is 34.2 Å². The number of carbonyl (C=O) groups excluding carboxylic acids is 5. The summed E-state index contributed by atoms with van der Waals surface area (Å²) in [6.07, 6.45) is -14.6. The summed E-state index contributed by atoms with van der Waals surface area (Å²) >= 11 is 0. The minimum Gasteiger partial charge on any atom is -0.444 e. The van der Waals surface area contributed by atoms with E-state index in [9.17, 15) is 76.7 Å². The second-order valence-corrected chi connectivity index (χ2v) is 22.8. The molecule has 4 fully saturated rings. The smallest absolute Gasteiger partial charge is 0.417 e. The molecule has 0 aliphatic carbocycles. The fourth-order valence-corrected chi connectivity index (χ4v) is 9.08. The molecule has 0 spiro atoms. The van der Waals surface area contributed by atoms with Crippen molar-refractivity contribution >= 4 is 35.7 Å². The zero-order valence-electron chi connectivity index (χ0n) is 49.8. The molecular weight excluding hydrogens is 1190 g/mol. The van der Waals surface area contributed by atoms with E-state index in [0.29, 0.717) is 89.7 Å². The maximum atomic E-state index is 12.7. The maximum Gasteiger partial charge on any atom is 0.417 e. The minimum atomic E-state index is -4.47. The lowest BCUT2D eigenvalue weighted by Gasteiger charge is -2.26. The fourth-order valence-electron chi connectivity index (χ4n) is 9.08. The van der Waals surface area contributed by atoms with Gasteiger partial charge in [-0.2, -0.15) is 52.7 Å². The second kappa shape index (κ2) is 31.2. The van der Waals surface area contributed by atoms with Crippen molar-refractivity contribution in [1.29, 1.82) is 0 Å². The van der Waals surface area contributed by atoms with Crippen molar-refractivity contribution in [2.45, 2.75) is 103 Å². The van der Waals surface area contributed by atoms with E-state index < -0.39 is 64.3 Å². The SMILES string of the molecule is CC(C)(C)OC(=O)N1CCCN(C(=O)c2ccc(C(F)(F)F)cc2)CC1.CC(C)(C)OC(=O)N1CCCNCC1.O=C(c1ccc(C(F)(F)F)cc1)N1CCCN(c2ccc(C(F)(F)F)cn2)CC1.O=C(c1ccc(C(F)(F)F)cc1)N1CCCNCC1. The van der Waals surface area contributed by atoms with Gasteiger partial charge in [0.1, 0.15) is 17.0 Å². The third-order valence-corrected chi connectivity index (χ3v) is 13.6. The van der Waals surface area contributed by atoms with E-state index in [0.717, 1.165) is 106 Å². The van der Waals surface area contributed by atoms with E-state index in [4.69, 9.17) is 9.47 Å². The van der Waals surface area contributed by atoms with E-state index in [2.05, 4.69) is 15.6 Å². The lowest BCUT2D eigenvalue weighted by Crippen LogP contribution is -2.40. The van der Waals surface area contributed by atoms with Crippen LogP contribution in [-0.4, -0.2) is 175 Å². The number of rotatable bonds is 4. The number of anilines is 1. The molecule has 4 aromatic rings. The number of ether oxygens (including phenoxy) is 2. The van der Waals surface area contributed by atoms with Crippen LogP contribution in [0.3, 0.4) is 0 Å². The molecule has 1 aromatic heterocycles. The second-order valence-electron chi connectivity index (χ2n) is 22.8. The number of halogens is 12. The number of nitrogens with one attached hydrogen (secondary N) is 2. The molecule has 5 heterocycles. The van der Waals surface area contributed by atoms with E-state index in [-0.39, 0.29) is 41.5 Å². The Kier molecular flexibility index (Phi) is 25.3. The molecule has 0 atom stereocenters. The number of hydrogen-bond acceptors (Lipinski definition) is 11. The number of alkyl halides is 12. The Hall–Kier alpha value is -7.36. The fraction of sp³-hybridized carbons (Fsp3) is 0.533. The van der Waals surface area contributed by atoms with Gasteiger partial charge in [0.05, 0.1) is 22.3 Å². The molecule has 2 N–H and O–H groups in total. The first-order valence-electron chi connectivity index (χ1n) is 28.6. The largest absolute Gasteiger partial charge is 0.444 e. The molecule has 486 valence electrons. The van der Waals surface area contributed by atoms with E-state index >= 15 is 0 Å². The number of hydrogen-bond donors (Lipinski definition) is 2. The molecule has 5 amide bonds. The van der Waals surface area contributed by atoms with Crippen molar-refractivity contribution < 1.29 is 86.1 Å². The number of benzene rings is 3. The normalized spacial score (nSPS) is 16.8. The van der Waals surface area contributed by atoms with Crippen LogP contribution in [0.4, 0.5) is 68.1 Å². The molecule has 0 saturated carbocycles. The lowest BCUT2D eigenvalue weighted by molar-refractivity contribution is -0.138. The van der Waals surface area contributed by atoms with Crippen LogP contribution in [0.25, 0.3) is 0 Å². The monoisotopic (exact) mass is 1260 g/mol. The Morgan fingerprint density at radius 3 is 1.05 bits per heavy atom. The first-order valence-corrected chi connectivity index (χ1v) is 28.6. The van der Waals surface area contributed by atoms with Gasteiger partial charge in [-0.05, 0) is 165 Å². The molecule has 16 nitrogen and oxygen atoms in total. The van der Waals surface area contributed by atoms with Crippen LogP contribution < -0.4 is 15.5 Å². The van der Waals surface area contributed by atoms with Gasteiger partial charge in [-0.25, -0.2) is 14.6 Å². The average Bonchev–Trinajstić information content (AvgIpc) is 4.07. The maximum absolute atomic E-state index is 12.7. The summed E-state index contributed by atoms with van der Waals surface area (Å²) in [7, 11) is 0. The molecule has 28 heteroatoms. The van der Waals surface area contributed by atoms with Crippen molar-refractivity contribution in [3.63, 3.8) is 0 Å². The zero-order chi connectivity index (χ0) is 65.3. The summed E-state index contributed by atoms with van der Waals surface area (Å²) in [5.41, 5.74) is -3.53. The van der Waals surface area contributed by atoms with Crippen molar-refractivity contribution in [1.82, 2.24) is 40.1 Å². The molecule has 3 aromatic carbocycles. The number of amides is 5. The van der Waals surface area contributed by atoms with Gasteiger partial charge in [0, 0.05) is 115 Å². The summed E-state index contributed by atoms with van der Waals surface area (Å²) in [4.78, 5) is 74.7. The third-order valence-electron chi connectivity index (χ3n) is 13.6. The predicted octanol–water partition coefficient (Wildman–Crippen LogP) is 11.6. The molecule has 88 heavy (non-hydrogen) atoms. The van der Waals surface area contributed by atoms with Gasteiger partial charge in [-0.15, -0.1) is 0 Å². The first-order chi connectivity index (χ1) is 41.0. The van der Waals surface area contributed by atoms with E-state index in [1.165, 1.54) is 35.2 Å². The van der Waals surface area contributed by atoms with Crippen molar-refractivity contribution in [2.24, 2.45) is 0 Å². The molecule has 4 aliphatic heterocycles. The molecule has 0 unspecified atom stereocenters. The summed E-state index contributed by atoms with van der Waals surface area (Å²) in [5, 5.41) is 6.42. The van der Waals surface area contributed by atoms with Crippen LogP contribution in [0.2, 0.25) is 0 Å². The highest BCUT2D eigenvalue weighted by molar-refractivity contribution is 5.95. The minimum absolute atomic E-state index is 0.152. The predicted molar refractivity (Wildman–Crippen MR) is 303 cm³/mol. The van der Waals surface area contributed by atoms with Gasteiger partial charge in [0.25, 0.3) is 17.7 Å². The topological polar surface area (TPSA) is 160 Å². The third kappa shape index (κ3) is 23.3. The van der Waals surface area contributed by atoms with Crippen LogP contribution in [0, 0.1) is 0 Å². The van der Waals surface area contributed by atoms with Gasteiger partial charge in [-0.3, -0.25) is 14.4 Å². The zero-order valence-corrected chi connectivity index (χ0v) is 49.8. The quantitative estimate of drug-likeness (QED) is 0.187. The first kappa shape index (κ1) is 71.4. The van der Waals surface area contributed by atoms with Gasteiger partial charge in [-0.1, -0.05) is 0 Å². The highest BCUT2D eigenvalue weighted by Crippen LogP contribution is 2.33. The number of pyridine rings is 1. The summed E-state index contributed by atoms with van der Waals surface area (Å²) in [6, 6.07) is 14.8. The van der Waals surface area contributed by atoms with Crippen molar-refractivity contribution in [3.8, 4) is 0 Å². The number of carbonyl (C=O) groups is 5. The van der Waals surface area contributed by atoms with Crippen molar-refractivity contribution in [3.05, 3.63) is 130 Å². The van der Waals surface area contributed by atoms with Crippen LogP contribution in [0.5, 0.6) is 0 Å². The highest BCUT2D eigenvalue weighted by Gasteiger charge is 2.35. The standard InChI is InChI=1S/C19H17F6N3O.C18H23F3N2O3.C13H15F3N2O.C10H20N2O2/c20-18(21,22)14-4-2-13(3-5-14)17(29)28-9-1-8-27(10-11-28)16-7-6-15(12-26-16)19(23,24)25;1-17(2,3)26-16(25)23-10-4-9-22(11-12-23)15(24)13-5-7-14(8-6-13)18(19,20)21;14-13(15,16)11-4-2-10(3-5-11)12(19)18-8-1-6-17-7-9-18;1-10(2,3)14-9(13)12-7-4-5-11-6-8-12/h2-7,12H,1,8-11H2;5-8H,4,9-12H2,1-3H3;2-5,17H,1,6-9H2;11H,4-8H2,1-3H3. The van der Waals surface area contributed by atoms with E-state index in [1.807, 2.05) is 20.8 Å². The Bertz CT molecular complexity index is 2860. The Balaban J connectivity index is 0.000000221. The molecule has 4 saturated heterocycles. The molecule has 4 aliphatic rings. The highest BCUT2D eigenvalue weighted by atomic mass is 19.4. The Labute approximate surface area is 503 Å². The van der Waals surface area contributed by atoms with Gasteiger partial charge >= 0.3 is 36.9 Å². The van der Waals surface area contributed by atoms with Gasteiger partial charge < -0.3 is 49.5 Å². The Morgan fingerprint density at radius 2 is 0.670 bits per heavy atom. The Morgan fingerprint density at radius 1 is 0.364 bits per heavy atom. The lowest BCUT2D eigenvalue weighted by atomic mass is 10.1. The summed E-state index contributed by atoms with van der Waals surface area (Å²) < 4.78 is 162. The van der Waals surface area contributed by atoms with Crippen LogP contribution in [0.1, 0.15) is 121 Å². The molecule has 0 bridgehead atoms.